The van der Waals surface area contributed by atoms with Crippen LogP contribution in [0.25, 0.3) is 0 Å². The Morgan fingerprint density at radius 3 is 1.44 bits per heavy atom. The molecule has 0 aromatic carbocycles. The highest BCUT2D eigenvalue weighted by atomic mass is 29.2. The summed E-state index contributed by atoms with van der Waals surface area (Å²) in [5.41, 5.74) is 0.544. The molecular formula is C4H19NSi4. The zero-order chi connectivity index (χ0) is 7.49. The predicted octanol–water partition coefficient (Wildman–Crippen LogP) is -3.18. The average Bonchev–Trinajstić information content (AvgIpc) is 1.65. The van der Waals surface area contributed by atoms with E-state index < -0.39 is 0 Å². The average molecular weight is 194 g/mol. The van der Waals surface area contributed by atoms with E-state index in [9.17, 15) is 0 Å². The molecule has 0 atom stereocenters. The molecule has 0 heterocycles. The normalized spacial score (nSPS) is 16.0. The van der Waals surface area contributed by atoms with Gasteiger partial charge in [0, 0.05) is 19.5 Å². The second-order valence-electron chi connectivity index (χ2n) is 3.34. The van der Waals surface area contributed by atoms with Gasteiger partial charge in [0.2, 0.25) is 0 Å². The summed E-state index contributed by atoms with van der Waals surface area (Å²) in [5.74, 6) is 0. The van der Waals surface area contributed by atoms with Crippen molar-refractivity contribution < 1.29 is 0 Å². The number of rotatable bonds is 2. The fourth-order valence-corrected chi connectivity index (χ4v) is 26.7. The van der Waals surface area contributed by atoms with Crippen LogP contribution in [0.2, 0.25) is 0 Å². The quantitative estimate of drug-likeness (QED) is 0.418. The predicted molar refractivity (Wildman–Crippen MR) is 58.6 cm³/mol. The fourth-order valence-electron chi connectivity index (χ4n) is 1.17. The standard InChI is InChI=1S/C4H19NSi4/c1-4(2,3)5(8-6)9-7/h8-9H2,1-3,6-7H3. The summed E-state index contributed by atoms with van der Waals surface area (Å²) in [5, 5.41) is 0. The first kappa shape index (κ1) is 9.83. The molecular weight excluding hydrogens is 174 g/mol. The van der Waals surface area contributed by atoms with E-state index in [1.165, 1.54) is 19.5 Å². The van der Waals surface area contributed by atoms with Crippen molar-refractivity contribution in [3.05, 3.63) is 0 Å². The third-order valence-electron chi connectivity index (χ3n) is 1.71. The molecule has 0 aromatic heterocycles. The lowest BCUT2D eigenvalue weighted by Gasteiger charge is -2.34. The molecule has 5 heteroatoms. The van der Waals surface area contributed by atoms with Crippen LogP contribution in [-0.4, -0.2) is 47.7 Å². The Labute approximate surface area is 68.8 Å². The first-order valence-corrected chi connectivity index (χ1v) is 16.3. The van der Waals surface area contributed by atoms with Gasteiger partial charge in [-0.05, 0) is 26.3 Å². The van der Waals surface area contributed by atoms with E-state index in [2.05, 4.69) is 25.0 Å². The maximum atomic E-state index is 2.84. The van der Waals surface area contributed by atoms with Crippen molar-refractivity contribution in [3.63, 3.8) is 0 Å². The lowest BCUT2D eigenvalue weighted by molar-refractivity contribution is 0.384. The van der Waals surface area contributed by atoms with Gasteiger partial charge >= 0.3 is 0 Å². The van der Waals surface area contributed by atoms with Crippen LogP contribution in [-0.2, 0) is 0 Å². The molecule has 0 amide bonds. The van der Waals surface area contributed by atoms with Gasteiger partial charge in [-0.15, -0.1) is 0 Å². The van der Waals surface area contributed by atoms with Gasteiger partial charge in [0.1, 0.15) is 0 Å². The molecule has 0 radical (unpaired) electrons. The van der Waals surface area contributed by atoms with Crippen LogP contribution in [0.4, 0.5) is 0 Å². The van der Waals surface area contributed by atoms with Crippen molar-refractivity contribution in [2.24, 2.45) is 0 Å². The molecule has 0 fully saturated rings. The fraction of sp³-hybridized carbons (Fsp3) is 1.00. The smallest absolute Gasteiger partial charge is 0.0676 e. The minimum Gasteiger partial charge on any atom is -0.356 e. The Balaban J connectivity index is 3.79. The Bertz CT molecular complexity index is 75.1. The van der Waals surface area contributed by atoms with E-state index in [1.807, 2.05) is 0 Å². The van der Waals surface area contributed by atoms with Gasteiger partial charge in [-0.25, -0.2) is 0 Å². The second kappa shape index (κ2) is 3.87. The zero-order valence-corrected chi connectivity index (χ0v) is 14.2. The molecule has 0 aromatic rings. The van der Waals surface area contributed by atoms with Gasteiger partial charge in [-0.3, -0.25) is 0 Å². The molecule has 56 valence electrons. The lowest BCUT2D eigenvalue weighted by Crippen LogP contribution is -2.46. The van der Waals surface area contributed by atoms with Crippen LogP contribution in [0.3, 0.4) is 0 Å². The highest BCUT2D eigenvalue weighted by Gasteiger charge is 2.15. The Kier molecular flexibility index (Phi) is 4.22. The molecule has 0 saturated heterocycles. The highest BCUT2D eigenvalue weighted by Crippen LogP contribution is 2.07. The first-order chi connectivity index (χ1) is 4.02. The zero-order valence-electron chi connectivity index (χ0n) is 7.36. The monoisotopic (exact) mass is 193 g/mol. The minimum absolute atomic E-state index is 0.292. The topological polar surface area (TPSA) is 3.24 Å². The van der Waals surface area contributed by atoms with Crippen molar-refractivity contribution in [3.8, 4) is 0 Å². The van der Waals surface area contributed by atoms with Crippen LogP contribution >= 0.6 is 0 Å². The summed E-state index contributed by atoms with van der Waals surface area (Å²) in [4.78, 5) is 0. The molecule has 0 rings (SSSR count). The molecule has 0 aliphatic carbocycles. The van der Waals surface area contributed by atoms with Crippen LogP contribution in [0.15, 0.2) is 0 Å². The summed E-state index contributed by atoms with van der Waals surface area (Å²) >= 11 is 0. The summed E-state index contributed by atoms with van der Waals surface area (Å²) in [6.45, 7) is 7.09. The molecule has 0 spiro atoms. The van der Waals surface area contributed by atoms with Gasteiger partial charge in [0.05, 0.1) is 18.4 Å². The molecule has 0 aliphatic heterocycles. The van der Waals surface area contributed by atoms with Gasteiger partial charge < -0.3 is 4.23 Å². The summed E-state index contributed by atoms with van der Waals surface area (Å²) in [7, 11) is 3.55. The molecule has 0 N–H and O–H groups in total. The molecule has 0 unspecified atom stereocenters. The van der Waals surface area contributed by atoms with E-state index in [0.29, 0.717) is 23.9 Å². The minimum atomic E-state index is 0.292. The molecule has 1 nitrogen and oxygen atoms in total. The van der Waals surface area contributed by atoms with Crippen molar-refractivity contribution in [1.82, 2.24) is 4.23 Å². The van der Waals surface area contributed by atoms with Crippen LogP contribution in [0.1, 0.15) is 20.8 Å². The SMILES string of the molecule is CC(C)(C)N([SiH2][SiH3])[SiH2][SiH3]. The van der Waals surface area contributed by atoms with Crippen molar-refractivity contribution in [2.45, 2.75) is 26.3 Å². The maximum absolute atomic E-state index is 2.84. The van der Waals surface area contributed by atoms with Crippen LogP contribution in [0.5, 0.6) is 0 Å². The number of nitrogens with zero attached hydrogens (tertiary/aromatic N) is 1. The Hall–Kier alpha value is 0.828. The van der Waals surface area contributed by atoms with Crippen molar-refractivity contribution >= 4 is 37.9 Å². The number of hydrogen-bond acceptors (Lipinski definition) is 1. The number of hydrogen-bond donors (Lipinski definition) is 0. The Morgan fingerprint density at radius 1 is 1.11 bits per heavy atom. The third-order valence-corrected chi connectivity index (χ3v) is 17.8. The van der Waals surface area contributed by atoms with E-state index in [1.54, 1.807) is 0 Å². The molecule has 0 aliphatic rings. The second-order valence-corrected chi connectivity index (χ2v) is 10.8. The third kappa shape index (κ3) is 3.51. The van der Waals surface area contributed by atoms with Crippen molar-refractivity contribution in [1.29, 1.82) is 0 Å². The van der Waals surface area contributed by atoms with Gasteiger partial charge in [0.15, 0.2) is 0 Å². The van der Waals surface area contributed by atoms with Crippen molar-refractivity contribution in [2.75, 3.05) is 0 Å². The van der Waals surface area contributed by atoms with Gasteiger partial charge in [-0.2, -0.15) is 0 Å². The summed E-state index contributed by atoms with van der Waals surface area (Å²) < 4.78 is 2.84. The molecule has 0 saturated carbocycles. The highest BCUT2D eigenvalue weighted by molar-refractivity contribution is 6.98. The first-order valence-electron chi connectivity index (χ1n) is 3.77. The van der Waals surface area contributed by atoms with Gasteiger partial charge in [0.25, 0.3) is 0 Å². The van der Waals surface area contributed by atoms with Crippen LogP contribution < -0.4 is 0 Å². The maximum Gasteiger partial charge on any atom is 0.0676 e. The lowest BCUT2D eigenvalue weighted by atomic mass is 10.1. The molecule has 9 heavy (non-hydrogen) atoms. The summed E-state index contributed by atoms with van der Waals surface area (Å²) in [6.07, 6.45) is 0. The Morgan fingerprint density at radius 2 is 1.44 bits per heavy atom. The van der Waals surface area contributed by atoms with E-state index in [-0.39, 0.29) is 0 Å². The molecule has 0 bridgehead atoms. The largest absolute Gasteiger partial charge is 0.356 e. The van der Waals surface area contributed by atoms with E-state index >= 15 is 0 Å². The van der Waals surface area contributed by atoms with Crippen LogP contribution in [0, 0.1) is 0 Å². The van der Waals surface area contributed by atoms with E-state index in [0.717, 1.165) is 0 Å². The summed E-state index contributed by atoms with van der Waals surface area (Å²) in [6, 6.07) is 0. The van der Waals surface area contributed by atoms with E-state index in [4.69, 9.17) is 0 Å². The van der Waals surface area contributed by atoms with Gasteiger partial charge in [-0.1, -0.05) is 0 Å².